The Morgan fingerprint density at radius 1 is 1.03 bits per heavy atom. The van der Waals surface area contributed by atoms with E-state index < -0.39 is 28.7 Å². The minimum absolute atomic E-state index is 0.155. The predicted molar refractivity (Wildman–Crippen MR) is 128 cm³/mol. The molecule has 0 saturated heterocycles. The lowest BCUT2D eigenvalue weighted by molar-refractivity contribution is -0.384. The van der Waals surface area contributed by atoms with Crippen molar-refractivity contribution in [3.8, 4) is 0 Å². The van der Waals surface area contributed by atoms with E-state index in [0.717, 1.165) is 11.1 Å². The average molecular weight is 458 g/mol. The molecule has 3 aromatic rings. The minimum atomic E-state index is -1.11. The van der Waals surface area contributed by atoms with E-state index in [-0.39, 0.29) is 17.7 Å². The van der Waals surface area contributed by atoms with Crippen LogP contribution in [-0.2, 0) is 9.59 Å². The number of non-ortho nitro benzene ring substituents is 1. The molecule has 1 unspecified atom stereocenters. The molecule has 0 radical (unpaired) electrons. The summed E-state index contributed by atoms with van der Waals surface area (Å²) in [5.74, 6) is -1.46. The number of nitrogens with one attached hydrogen (secondary N) is 2. The second-order valence-corrected chi connectivity index (χ2v) is 8.05. The van der Waals surface area contributed by atoms with E-state index in [2.05, 4.69) is 10.6 Å². The third kappa shape index (κ3) is 4.49. The molecule has 9 nitrogen and oxygen atoms in total. The Kier molecular flexibility index (Phi) is 6.09. The summed E-state index contributed by atoms with van der Waals surface area (Å²) >= 11 is 0. The topological polar surface area (TPSA) is 122 Å². The number of benzene rings is 3. The molecule has 9 heteroatoms. The average Bonchev–Trinajstić information content (AvgIpc) is 2.81. The highest BCUT2D eigenvalue weighted by Gasteiger charge is 2.38. The van der Waals surface area contributed by atoms with E-state index >= 15 is 0 Å². The fourth-order valence-corrected chi connectivity index (χ4v) is 3.80. The van der Waals surface area contributed by atoms with Crippen molar-refractivity contribution >= 4 is 40.5 Å². The van der Waals surface area contributed by atoms with Gasteiger partial charge in [0.1, 0.15) is 6.04 Å². The lowest BCUT2D eigenvalue weighted by Crippen LogP contribution is -2.52. The van der Waals surface area contributed by atoms with Gasteiger partial charge in [0, 0.05) is 23.4 Å². The number of hydrogen-bond acceptors (Lipinski definition) is 5. The fourth-order valence-electron chi connectivity index (χ4n) is 3.80. The van der Waals surface area contributed by atoms with Gasteiger partial charge in [-0.25, -0.2) is 0 Å². The maximum atomic E-state index is 13.5. The second kappa shape index (κ2) is 9.14. The van der Waals surface area contributed by atoms with Crippen LogP contribution in [0.15, 0.2) is 66.7 Å². The molecule has 1 aliphatic rings. The van der Waals surface area contributed by atoms with Crippen molar-refractivity contribution < 1.29 is 19.3 Å². The van der Waals surface area contributed by atoms with Gasteiger partial charge in [0.25, 0.3) is 11.6 Å². The van der Waals surface area contributed by atoms with Crippen LogP contribution in [0.1, 0.15) is 27.9 Å². The molecule has 0 aliphatic carbocycles. The van der Waals surface area contributed by atoms with Crippen molar-refractivity contribution in [1.82, 2.24) is 0 Å². The number of hydrogen-bond donors (Lipinski definition) is 2. The zero-order valence-electron chi connectivity index (χ0n) is 18.6. The normalized spacial score (nSPS) is 14.7. The molecule has 0 aromatic heterocycles. The van der Waals surface area contributed by atoms with Gasteiger partial charge >= 0.3 is 0 Å². The summed E-state index contributed by atoms with van der Waals surface area (Å²) in [6.45, 7) is 3.90. The van der Waals surface area contributed by atoms with Gasteiger partial charge in [0.05, 0.1) is 22.7 Å². The molecule has 4 rings (SSSR count). The van der Waals surface area contributed by atoms with Gasteiger partial charge < -0.3 is 10.6 Å². The zero-order valence-corrected chi connectivity index (χ0v) is 18.6. The monoisotopic (exact) mass is 458 g/mol. The Morgan fingerprint density at radius 3 is 2.41 bits per heavy atom. The molecular formula is C25H22N4O5. The molecule has 0 fully saturated rings. The van der Waals surface area contributed by atoms with Crippen LogP contribution in [-0.4, -0.2) is 28.7 Å². The Morgan fingerprint density at radius 2 is 1.74 bits per heavy atom. The summed E-state index contributed by atoms with van der Waals surface area (Å²) in [5.41, 5.74) is 3.58. The highest BCUT2D eigenvalue weighted by molar-refractivity contribution is 6.17. The number of rotatable bonds is 5. The van der Waals surface area contributed by atoms with Gasteiger partial charge in [-0.05, 0) is 61.4 Å². The van der Waals surface area contributed by atoms with Crippen LogP contribution in [0.4, 0.5) is 22.7 Å². The second-order valence-electron chi connectivity index (χ2n) is 8.05. The number of nitrogens with zero attached hydrogens (tertiary/aromatic N) is 2. The lowest BCUT2D eigenvalue weighted by Gasteiger charge is -2.36. The molecule has 3 aromatic carbocycles. The van der Waals surface area contributed by atoms with Gasteiger partial charge in [-0.3, -0.25) is 29.4 Å². The van der Waals surface area contributed by atoms with Crippen LogP contribution < -0.4 is 15.5 Å². The molecule has 172 valence electrons. The first-order valence-electron chi connectivity index (χ1n) is 10.6. The summed E-state index contributed by atoms with van der Waals surface area (Å²) in [6.07, 6.45) is -0.272. The fraction of sp³-hybridized carbons (Fsp3) is 0.160. The van der Waals surface area contributed by atoms with Crippen molar-refractivity contribution in [2.75, 3.05) is 15.5 Å². The summed E-state index contributed by atoms with van der Waals surface area (Å²) in [6, 6.07) is 16.3. The number of fused-ring (bicyclic) bond motifs is 1. The molecule has 2 N–H and O–H groups in total. The van der Waals surface area contributed by atoms with Gasteiger partial charge in [0.2, 0.25) is 11.8 Å². The molecule has 0 bridgehead atoms. The minimum Gasteiger partial charge on any atom is -0.326 e. The Hall–Kier alpha value is -4.53. The number of nitro groups is 1. The Labute approximate surface area is 195 Å². The third-order valence-corrected chi connectivity index (χ3v) is 5.75. The van der Waals surface area contributed by atoms with Crippen LogP contribution in [0.25, 0.3) is 0 Å². The first-order valence-corrected chi connectivity index (χ1v) is 10.6. The largest absolute Gasteiger partial charge is 0.326 e. The third-order valence-electron chi connectivity index (χ3n) is 5.75. The van der Waals surface area contributed by atoms with E-state index in [0.29, 0.717) is 17.1 Å². The van der Waals surface area contributed by atoms with E-state index in [4.69, 9.17) is 0 Å². The molecule has 34 heavy (non-hydrogen) atoms. The maximum absolute atomic E-state index is 13.5. The number of carbonyl (C=O) groups excluding carboxylic acids is 3. The van der Waals surface area contributed by atoms with Gasteiger partial charge in [0.15, 0.2) is 0 Å². The molecule has 0 saturated carbocycles. The van der Waals surface area contributed by atoms with Crippen molar-refractivity contribution in [1.29, 1.82) is 0 Å². The van der Waals surface area contributed by atoms with Crippen molar-refractivity contribution in [2.45, 2.75) is 26.3 Å². The van der Waals surface area contributed by atoms with Crippen LogP contribution in [0.2, 0.25) is 0 Å². The molecule has 1 atom stereocenters. The summed E-state index contributed by atoms with van der Waals surface area (Å²) in [5, 5.41) is 16.5. The van der Waals surface area contributed by atoms with Crippen molar-refractivity contribution in [2.24, 2.45) is 0 Å². The molecule has 3 amide bonds. The Bertz CT molecular complexity index is 1300. The number of amides is 3. The molecular weight excluding hydrogens is 436 g/mol. The quantitative estimate of drug-likeness (QED) is 0.438. The summed E-state index contributed by atoms with van der Waals surface area (Å²) < 4.78 is 0. The standard InChI is InChI=1S/C25H22N4O5/c1-15-7-10-18(13-16(15)2)26-23(30)14-22-24(31)27-20-5-3-4-6-21(20)28(22)25(32)17-8-11-19(12-9-17)29(33)34/h3-13,22H,14H2,1-2H3,(H,26,30)(H,27,31). The zero-order chi connectivity index (χ0) is 24.4. The van der Waals surface area contributed by atoms with Gasteiger partial charge in [-0.2, -0.15) is 0 Å². The van der Waals surface area contributed by atoms with E-state index in [1.54, 1.807) is 30.3 Å². The van der Waals surface area contributed by atoms with Crippen LogP contribution in [0, 0.1) is 24.0 Å². The maximum Gasteiger partial charge on any atom is 0.269 e. The highest BCUT2D eigenvalue weighted by Crippen LogP contribution is 2.34. The highest BCUT2D eigenvalue weighted by atomic mass is 16.6. The van der Waals surface area contributed by atoms with Crippen LogP contribution in [0.5, 0.6) is 0 Å². The van der Waals surface area contributed by atoms with Crippen LogP contribution in [0.3, 0.4) is 0 Å². The van der Waals surface area contributed by atoms with E-state index in [1.807, 2.05) is 26.0 Å². The van der Waals surface area contributed by atoms with Crippen LogP contribution >= 0.6 is 0 Å². The number of anilines is 3. The molecule has 1 aliphatic heterocycles. The van der Waals surface area contributed by atoms with E-state index in [9.17, 15) is 24.5 Å². The summed E-state index contributed by atoms with van der Waals surface area (Å²) in [4.78, 5) is 51.0. The first-order chi connectivity index (χ1) is 16.2. The SMILES string of the molecule is Cc1ccc(NC(=O)CC2C(=O)Nc3ccccc3N2C(=O)c2ccc([N+](=O)[O-])cc2)cc1C. The number of carbonyl (C=O) groups is 3. The number of aryl methyl sites for hydroxylation is 2. The summed E-state index contributed by atoms with van der Waals surface area (Å²) in [7, 11) is 0. The Balaban J connectivity index is 1.64. The number of para-hydroxylation sites is 2. The first kappa shape index (κ1) is 22.7. The van der Waals surface area contributed by atoms with E-state index in [1.165, 1.54) is 29.2 Å². The predicted octanol–water partition coefficient (Wildman–Crippen LogP) is 4.21. The number of nitro benzene ring substituents is 1. The molecule has 1 heterocycles. The smallest absolute Gasteiger partial charge is 0.269 e. The molecule has 0 spiro atoms. The van der Waals surface area contributed by atoms with Crippen molar-refractivity contribution in [3.63, 3.8) is 0 Å². The lowest BCUT2D eigenvalue weighted by atomic mass is 10.0. The van der Waals surface area contributed by atoms with Gasteiger partial charge in [-0.15, -0.1) is 0 Å². The van der Waals surface area contributed by atoms with Crippen molar-refractivity contribution in [3.05, 3.63) is 93.5 Å². The van der Waals surface area contributed by atoms with Gasteiger partial charge in [-0.1, -0.05) is 18.2 Å².